The minimum absolute atomic E-state index is 0.0647. The molecule has 0 saturated heterocycles. The van der Waals surface area contributed by atoms with E-state index in [2.05, 4.69) is 41.5 Å². The molecule has 0 unspecified atom stereocenters. The van der Waals surface area contributed by atoms with E-state index in [1.54, 1.807) is 0 Å². The maximum Gasteiger partial charge on any atom is 0.306 e. The Balaban J connectivity index is 4.20. The highest BCUT2D eigenvalue weighted by atomic mass is 16.6. The predicted octanol–water partition coefficient (Wildman–Crippen LogP) is 17.9. The molecule has 0 spiro atoms. The fraction of sp³-hybridized carbons (Fsp3) is 0.946. The zero-order valence-corrected chi connectivity index (χ0v) is 42.7. The highest BCUT2D eigenvalue weighted by Crippen LogP contribution is 2.18. The average Bonchev–Trinajstić information content (AvgIpc) is 3.23. The van der Waals surface area contributed by atoms with Crippen LogP contribution in [-0.2, 0) is 28.6 Å². The van der Waals surface area contributed by atoms with Crippen molar-refractivity contribution < 1.29 is 28.6 Å². The number of esters is 3. The van der Waals surface area contributed by atoms with Crippen LogP contribution in [0.5, 0.6) is 0 Å². The smallest absolute Gasteiger partial charge is 0.306 e. The Morgan fingerprint density at radius 1 is 0.274 bits per heavy atom. The van der Waals surface area contributed by atoms with Gasteiger partial charge in [-0.15, -0.1) is 0 Å². The van der Waals surface area contributed by atoms with Crippen LogP contribution in [-0.4, -0.2) is 37.2 Å². The van der Waals surface area contributed by atoms with Crippen LogP contribution in [0, 0.1) is 17.8 Å². The molecule has 0 rings (SSSR count). The van der Waals surface area contributed by atoms with E-state index in [0.29, 0.717) is 19.3 Å². The minimum atomic E-state index is -0.763. The van der Waals surface area contributed by atoms with E-state index < -0.39 is 6.10 Å². The van der Waals surface area contributed by atoms with Crippen LogP contribution in [0.15, 0.2) is 0 Å². The van der Waals surface area contributed by atoms with Gasteiger partial charge in [-0.25, -0.2) is 0 Å². The molecule has 1 atom stereocenters. The molecule has 0 amide bonds. The number of unbranched alkanes of at least 4 members (excludes halogenated alkanes) is 32. The Morgan fingerprint density at radius 2 is 0.468 bits per heavy atom. The highest BCUT2D eigenvalue weighted by molar-refractivity contribution is 5.71. The zero-order chi connectivity index (χ0) is 45.6. The molecule has 6 nitrogen and oxygen atoms in total. The molecule has 0 N–H and O–H groups in total. The summed E-state index contributed by atoms with van der Waals surface area (Å²) in [6.07, 6.45) is 48.2. The van der Waals surface area contributed by atoms with Crippen LogP contribution in [0.2, 0.25) is 0 Å². The largest absolute Gasteiger partial charge is 0.462 e. The molecule has 0 aromatic heterocycles. The molecule has 0 aliphatic carbocycles. The predicted molar refractivity (Wildman–Crippen MR) is 266 cm³/mol. The quantitative estimate of drug-likeness (QED) is 0.0344. The Morgan fingerprint density at radius 3 is 0.694 bits per heavy atom. The Kier molecular flexibility index (Phi) is 46.2. The van der Waals surface area contributed by atoms with Gasteiger partial charge in [0.1, 0.15) is 13.2 Å². The van der Waals surface area contributed by atoms with E-state index in [0.717, 1.165) is 75.5 Å². The van der Waals surface area contributed by atoms with Crippen molar-refractivity contribution in [2.24, 2.45) is 17.8 Å². The van der Waals surface area contributed by atoms with Gasteiger partial charge in [-0.3, -0.25) is 14.4 Å². The number of ether oxygens (including phenoxy) is 3. The third-order valence-corrected chi connectivity index (χ3v) is 12.6. The summed E-state index contributed by atoms with van der Waals surface area (Å²) in [5.41, 5.74) is 0. The van der Waals surface area contributed by atoms with Crippen LogP contribution in [0.3, 0.4) is 0 Å². The van der Waals surface area contributed by atoms with Crippen LogP contribution < -0.4 is 0 Å². The summed E-state index contributed by atoms with van der Waals surface area (Å²) in [6, 6.07) is 0. The lowest BCUT2D eigenvalue weighted by Gasteiger charge is -2.18. The maximum absolute atomic E-state index is 12.8. The van der Waals surface area contributed by atoms with Crippen molar-refractivity contribution in [1.82, 2.24) is 0 Å². The maximum atomic E-state index is 12.8. The summed E-state index contributed by atoms with van der Waals surface area (Å²) in [4.78, 5) is 38.0. The van der Waals surface area contributed by atoms with E-state index in [1.807, 2.05) is 0 Å². The molecule has 6 heteroatoms. The number of carbonyl (C=O) groups excluding carboxylic acids is 3. The molecule has 0 aliphatic rings. The van der Waals surface area contributed by atoms with Gasteiger partial charge in [0.25, 0.3) is 0 Å². The molecule has 0 radical (unpaired) electrons. The van der Waals surface area contributed by atoms with Crippen molar-refractivity contribution in [2.45, 2.75) is 311 Å². The van der Waals surface area contributed by atoms with Gasteiger partial charge in [-0.1, -0.05) is 266 Å². The van der Waals surface area contributed by atoms with Crippen LogP contribution >= 0.6 is 0 Å². The topological polar surface area (TPSA) is 78.9 Å². The number of carbonyl (C=O) groups is 3. The molecule has 0 aromatic carbocycles. The lowest BCUT2D eigenvalue weighted by Crippen LogP contribution is -2.30. The summed E-state index contributed by atoms with van der Waals surface area (Å²) in [5.74, 6) is 1.60. The normalized spacial score (nSPS) is 12.1. The standard InChI is InChI=1S/C56H108O6/c1-50(2)42-36-30-24-19-15-13-11-9-7-8-10-12-14-16-21-27-33-39-45-54(57)60-48-53(49-61-55(58)46-40-34-29-23-26-32-38-44-52(5)6)62-56(59)47-41-35-28-22-18-17-20-25-31-37-43-51(3)4/h50-53H,7-49H2,1-6H3/t53-/m1/s1. The second kappa shape index (κ2) is 47.4. The Hall–Kier alpha value is -1.59. The van der Waals surface area contributed by atoms with E-state index in [1.165, 1.54) is 186 Å². The fourth-order valence-corrected chi connectivity index (χ4v) is 8.47. The summed E-state index contributed by atoms with van der Waals surface area (Å²) in [5, 5.41) is 0. The molecule has 0 aromatic rings. The molecule has 0 saturated carbocycles. The molecular weight excluding hydrogens is 769 g/mol. The first kappa shape index (κ1) is 60.4. The molecule has 0 fully saturated rings. The number of rotatable bonds is 49. The molecule has 0 bridgehead atoms. The SMILES string of the molecule is CC(C)CCCCCCCCCCCCCCCCCCCCC(=O)OC[C@H](COC(=O)CCCCCCCCCC(C)C)OC(=O)CCCCCCCCCCCCC(C)C. The third kappa shape index (κ3) is 49.4. The third-order valence-electron chi connectivity index (χ3n) is 12.6. The van der Waals surface area contributed by atoms with Crippen molar-refractivity contribution in [2.75, 3.05) is 13.2 Å². The van der Waals surface area contributed by atoms with Gasteiger partial charge in [0.2, 0.25) is 0 Å². The second-order valence-corrected chi connectivity index (χ2v) is 20.6. The fourth-order valence-electron chi connectivity index (χ4n) is 8.47. The first-order valence-corrected chi connectivity index (χ1v) is 27.6. The first-order chi connectivity index (χ1) is 30.1. The molecule has 0 aliphatic heterocycles. The highest BCUT2D eigenvalue weighted by Gasteiger charge is 2.19. The zero-order valence-electron chi connectivity index (χ0n) is 42.7. The van der Waals surface area contributed by atoms with Crippen LogP contribution in [0.1, 0.15) is 305 Å². The summed E-state index contributed by atoms with van der Waals surface area (Å²) in [6.45, 7) is 13.7. The monoisotopic (exact) mass is 877 g/mol. The van der Waals surface area contributed by atoms with E-state index >= 15 is 0 Å². The molecular formula is C56H108O6. The molecule has 0 heterocycles. The van der Waals surface area contributed by atoms with E-state index in [-0.39, 0.29) is 31.1 Å². The van der Waals surface area contributed by atoms with Crippen LogP contribution in [0.25, 0.3) is 0 Å². The van der Waals surface area contributed by atoms with Crippen molar-refractivity contribution in [3.63, 3.8) is 0 Å². The minimum Gasteiger partial charge on any atom is -0.462 e. The van der Waals surface area contributed by atoms with Crippen molar-refractivity contribution in [3.05, 3.63) is 0 Å². The Labute approximate surface area is 387 Å². The lowest BCUT2D eigenvalue weighted by atomic mass is 10.0. The summed E-state index contributed by atoms with van der Waals surface area (Å²) < 4.78 is 16.8. The second-order valence-electron chi connectivity index (χ2n) is 20.6. The van der Waals surface area contributed by atoms with Crippen molar-refractivity contribution in [1.29, 1.82) is 0 Å². The summed E-state index contributed by atoms with van der Waals surface area (Å²) in [7, 11) is 0. The van der Waals surface area contributed by atoms with Gasteiger partial charge >= 0.3 is 17.9 Å². The van der Waals surface area contributed by atoms with Crippen molar-refractivity contribution in [3.8, 4) is 0 Å². The first-order valence-electron chi connectivity index (χ1n) is 27.6. The van der Waals surface area contributed by atoms with Gasteiger partial charge in [0.15, 0.2) is 6.10 Å². The van der Waals surface area contributed by atoms with Gasteiger partial charge in [0, 0.05) is 19.3 Å². The lowest BCUT2D eigenvalue weighted by molar-refractivity contribution is -0.167. The van der Waals surface area contributed by atoms with E-state index in [4.69, 9.17) is 14.2 Å². The average molecular weight is 877 g/mol. The van der Waals surface area contributed by atoms with Gasteiger partial charge in [0.05, 0.1) is 0 Å². The molecule has 368 valence electrons. The van der Waals surface area contributed by atoms with Gasteiger partial charge in [-0.05, 0) is 37.0 Å². The van der Waals surface area contributed by atoms with Crippen LogP contribution in [0.4, 0.5) is 0 Å². The Bertz CT molecular complexity index is 960. The molecule has 62 heavy (non-hydrogen) atoms. The number of hydrogen-bond donors (Lipinski definition) is 0. The van der Waals surface area contributed by atoms with E-state index in [9.17, 15) is 14.4 Å². The van der Waals surface area contributed by atoms with Crippen molar-refractivity contribution >= 4 is 17.9 Å². The summed E-state index contributed by atoms with van der Waals surface area (Å²) >= 11 is 0. The van der Waals surface area contributed by atoms with Gasteiger partial charge in [-0.2, -0.15) is 0 Å². The van der Waals surface area contributed by atoms with Gasteiger partial charge < -0.3 is 14.2 Å². The number of hydrogen-bond acceptors (Lipinski definition) is 6.